The molecule has 1 heterocycles. The number of benzene rings is 1. The van der Waals surface area contributed by atoms with Gasteiger partial charge in [-0.1, -0.05) is 45.2 Å². The van der Waals surface area contributed by atoms with E-state index in [1.54, 1.807) is 11.3 Å². The molecule has 1 atom stereocenters. The third-order valence-corrected chi connectivity index (χ3v) is 6.40. The Kier molecular flexibility index (Phi) is 4.58. The molecule has 0 spiro atoms. The lowest BCUT2D eigenvalue weighted by Crippen LogP contribution is -1.91. The standard InChI is InChI=1S/C11H6BrCl2IS/c12-10(11-7(13)3-4-16-11)6-1-2-9(15)8(14)5-6/h1-5,10H. The van der Waals surface area contributed by atoms with Crippen LogP contribution in [0, 0.1) is 3.57 Å². The summed E-state index contributed by atoms with van der Waals surface area (Å²) in [5.41, 5.74) is 1.12. The van der Waals surface area contributed by atoms with Gasteiger partial charge in [-0.2, -0.15) is 0 Å². The number of thiophene rings is 1. The minimum atomic E-state index is 0.106. The van der Waals surface area contributed by atoms with Crippen molar-refractivity contribution in [3.63, 3.8) is 0 Å². The first kappa shape index (κ1) is 13.1. The molecule has 0 saturated carbocycles. The van der Waals surface area contributed by atoms with Crippen LogP contribution < -0.4 is 0 Å². The van der Waals surface area contributed by atoms with E-state index in [9.17, 15) is 0 Å². The highest BCUT2D eigenvalue weighted by Gasteiger charge is 2.15. The fourth-order valence-electron chi connectivity index (χ4n) is 1.31. The molecule has 0 N–H and O–H groups in total. The van der Waals surface area contributed by atoms with Gasteiger partial charge in [0.25, 0.3) is 0 Å². The van der Waals surface area contributed by atoms with E-state index in [4.69, 9.17) is 23.2 Å². The fraction of sp³-hybridized carbons (Fsp3) is 0.0909. The molecule has 1 unspecified atom stereocenters. The van der Waals surface area contributed by atoms with E-state index in [0.717, 1.165) is 24.1 Å². The Balaban J connectivity index is 2.38. The summed E-state index contributed by atoms with van der Waals surface area (Å²) in [5, 5.41) is 3.55. The zero-order chi connectivity index (χ0) is 11.7. The molecule has 0 fully saturated rings. The molecular weight excluding hydrogens is 442 g/mol. The van der Waals surface area contributed by atoms with Crippen LogP contribution in [0.2, 0.25) is 10.0 Å². The molecule has 5 heteroatoms. The van der Waals surface area contributed by atoms with Gasteiger partial charge in [-0.25, -0.2) is 0 Å². The molecule has 0 aliphatic carbocycles. The zero-order valence-electron chi connectivity index (χ0n) is 7.88. The monoisotopic (exact) mass is 446 g/mol. The molecule has 1 aromatic carbocycles. The summed E-state index contributed by atoms with van der Waals surface area (Å²) < 4.78 is 1.06. The highest BCUT2D eigenvalue weighted by molar-refractivity contribution is 14.1. The van der Waals surface area contributed by atoms with Gasteiger partial charge in [0.2, 0.25) is 0 Å². The molecule has 0 aliphatic heterocycles. The van der Waals surface area contributed by atoms with E-state index in [2.05, 4.69) is 44.6 Å². The molecule has 84 valence electrons. The van der Waals surface area contributed by atoms with Gasteiger partial charge in [-0.15, -0.1) is 11.3 Å². The number of alkyl halides is 1. The second kappa shape index (κ2) is 5.57. The van der Waals surface area contributed by atoms with Crippen LogP contribution >= 0.6 is 73.1 Å². The third-order valence-electron chi connectivity index (χ3n) is 2.11. The molecule has 0 amide bonds. The predicted octanol–water partition coefficient (Wildman–Crippen LogP) is 6.14. The molecule has 2 aromatic rings. The minimum absolute atomic E-state index is 0.106. The van der Waals surface area contributed by atoms with Crippen molar-refractivity contribution in [1.82, 2.24) is 0 Å². The number of hydrogen-bond acceptors (Lipinski definition) is 1. The lowest BCUT2D eigenvalue weighted by molar-refractivity contribution is 1.22. The zero-order valence-corrected chi connectivity index (χ0v) is 14.0. The van der Waals surface area contributed by atoms with Crippen LogP contribution in [-0.2, 0) is 0 Å². The van der Waals surface area contributed by atoms with Crippen molar-refractivity contribution >= 4 is 73.1 Å². The van der Waals surface area contributed by atoms with Gasteiger partial charge in [0, 0.05) is 8.45 Å². The second-order valence-corrected chi connectivity index (χ2v) is 7.01. The highest BCUT2D eigenvalue weighted by atomic mass is 127. The van der Waals surface area contributed by atoms with Crippen molar-refractivity contribution < 1.29 is 0 Å². The second-order valence-electron chi connectivity index (χ2n) is 3.17. The van der Waals surface area contributed by atoms with Crippen molar-refractivity contribution in [1.29, 1.82) is 0 Å². The Hall–Kier alpha value is 0.710. The molecular formula is C11H6BrCl2IS. The van der Waals surface area contributed by atoms with Crippen LogP contribution in [0.5, 0.6) is 0 Å². The van der Waals surface area contributed by atoms with E-state index >= 15 is 0 Å². The average molecular weight is 448 g/mol. The van der Waals surface area contributed by atoms with Crippen LogP contribution in [0.25, 0.3) is 0 Å². The summed E-state index contributed by atoms with van der Waals surface area (Å²) in [7, 11) is 0. The first-order chi connectivity index (χ1) is 7.59. The lowest BCUT2D eigenvalue weighted by Gasteiger charge is -2.10. The van der Waals surface area contributed by atoms with Crippen molar-refractivity contribution in [3.8, 4) is 0 Å². The van der Waals surface area contributed by atoms with E-state index < -0.39 is 0 Å². The normalized spacial score (nSPS) is 12.8. The van der Waals surface area contributed by atoms with E-state index in [-0.39, 0.29) is 4.83 Å². The molecule has 0 radical (unpaired) electrons. The third kappa shape index (κ3) is 2.75. The van der Waals surface area contributed by atoms with Crippen LogP contribution in [0.1, 0.15) is 15.3 Å². The predicted molar refractivity (Wildman–Crippen MR) is 84.3 cm³/mol. The van der Waals surface area contributed by atoms with Crippen LogP contribution in [-0.4, -0.2) is 0 Å². The first-order valence-electron chi connectivity index (χ1n) is 4.41. The summed E-state index contributed by atoms with van der Waals surface area (Å²) in [6.07, 6.45) is 0. The maximum atomic E-state index is 6.10. The summed E-state index contributed by atoms with van der Waals surface area (Å²) in [6.45, 7) is 0. The Bertz CT molecular complexity index is 512. The van der Waals surface area contributed by atoms with Gasteiger partial charge in [0.1, 0.15) is 0 Å². The number of halogens is 4. The molecule has 0 bridgehead atoms. The average Bonchev–Trinajstić information content (AvgIpc) is 2.67. The maximum Gasteiger partial charge on any atom is 0.0753 e. The van der Waals surface area contributed by atoms with Gasteiger partial charge in [-0.05, 0) is 51.7 Å². The van der Waals surface area contributed by atoms with E-state index in [1.807, 2.05) is 23.6 Å². The molecule has 0 saturated heterocycles. The van der Waals surface area contributed by atoms with Gasteiger partial charge in [0.15, 0.2) is 0 Å². The lowest BCUT2D eigenvalue weighted by atomic mass is 10.1. The summed E-state index contributed by atoms with van der Waals surface area (Å²) in [5.74, 6) is 0. The Morgan fingerprint density at radius 2 is 1.94 bits per heavy atom. The van der Waals surface area contributed by atoms with Gasteiger partial charge in [0.05, 0.1) is 14.9 Å². The van der Waals surface area contributed by atoms with Gasteiger partial charge in [-0.3, -0.25) is 0 Å². The fourth-order valence-corrected chi connectivity index (χ4v) is 3.99. The molecule has 0 nitrogen and oxygen atoms in total. The Morgan fingerprint density at radius 3 is 2.50 bits per heavy atom. The largest absolute Gasteiger partial charge is 0.146 e. The SMILES string of the molecule is Clc1cc(C(Br)c2sccc2Cl)ccc1I. The van der Waals surface area contributed by atoms with Crippen molar-refractivity contribution in [2.45, 2.75) is 4.83 Å². The van der Waals surface area contributed by atoms with Gasteiger partial charge >= 0.3 is 0 Å². The van der Waals surface area contributed by atoms with Crippen LogP contribution in [0.15, 0.2) is 29.6 Å². The van der Waals surface area contributed by atoms with Crippen LogP contribution in [0.4, 0.5) is 0 Å². The Labute approximate surface area is 130 Å². The molecule has 16 heavy (non-hydrogen) atoms. The Morgan fingerprint density at radius 1 is 1.19 bits per heavy atom. The van der Waals surface area contributed by atoms with E-state index in [1.165, 1.54) is 0 Å². The van der Waals surface area contributed by atoms with Crippen LogP contribution in [0.3, 0.4) is 0 Å². The van der Waals surface area contributed by atoms with Crippen molar-refractivity contribution in [2.75, 3.05) is 0 Å². The number of rotatable bonds is 2. The summed E-state index contributed by atoms with van der Waals surface area (Å²) in [4.78, 5) is 1.22. The number of hydrogen-bond donors (Lipinski definition) is 0. The minimum Gasteiger partial charge on any atom is -0.146 e. The maximum absolute atomic E-state index is 6.10. The smallest absolute Gasteiger partial charge is 0.0753 e. The van der Waals surface area contributed by atoms with Gasteiger partial charge < -0.3 is 0 Å². The van der Waals surface area contributed by atoms with E-state index in [0.29, 0.717) is 0 Å². The molecule has 0 aliphatic rings. The van der Waals surface area contributed by atoms with Crippen molar-refractivity contribution in [2.24, 2.45) is 0 Å². The molecule has 2 rings (SSSR count). The first-order valence-corrected chi connectivity index (χ1v) is 8.04. The quantitative estimate of drug-likeness (QED) is 0.383. The van der Waals surface area contributed by atoms with Crippen molar-refractivity contribution in [3.05, 3.63) is 53.7 Å². The summed E-state index contributed by atoms with van der Waals surface area (Å²) >= 11 is 19.7. The molecule has 1 aromatic heterocycles. The summed E-state index contributed by atoms with van der Waals surface area (Å²) in [6, 6.07) is 7.94. The topological polar surface area (TPSA) is 0 Å². The highest BCUT2D eigenvalue weighted by Crippen LogP contribution is 2.39.